The van der Waals surface area contributed by atoms with Crippen molar-refractivity contribution in [2.24, 2.45) is 16.7 Å². The van der Waals surface area contributed by atoms with E-state index in [0.29, 0.717) is 21.2 Å². The zero-order valence-electron chi connectivity index (χ0n) is 15.7. The summed E-state index contributed by atoms with van der Waals surface area (Å²) in [6, 6.07) is 19.3. The van der Waals surface area contributed by atoms with Crippen LogP contribution in [0.15, 0.2) is 48.5 Å². The summed E-state index contributed by atoms with van der Waals surface area (Å²) in [5.74, 6) is -2.89. The van der Waals surface area contributed by atoms with E-state index in [1.807, 2.05) is 12.1 Å². The fourth-order valence-corrected chi connectivity index (χ4v) is 4.83. The van der Waals surface area contributed by atoms with E-state index in [1.165, 1.54) is 0 Å². The number of nitriles is 3. The topological polar surface area (TPSA) is 114 Å². The van der Waals surface area contributed by atoms with Crippen LogP contribution in [0.2, 0.25) is 10.0 Å². The Morgan fingerprint density at radius 3 is 2.20 bits per heavy atom. The number of halogens is 2. The van der Waals surface area contributed by atoms with Crippen molar-refractivity contribution in [2.45, 2.75) is 18.8 Å². The van der Waals surface area contributed by atoms with Crippen molar-refractivity contribution < 1.29 is 9.47 Å². The summed E-state index contributed by atoms with van der Waals surface area (Å²) in [6.07, 6.45) is -1.18. The summed E-state index contributed by atoms with van der Waals surface area (Å²) in [4.78, 5) is 0. The Hall–Kier alpha value is -3.08. The SMILES string of the molecule is CC1C2(c3cccc(Cl)c3)OC(=N)C1(C#N)C(C#N)(C#N)C(c1ccc(Cl)cc1)O2. The van der Waals surface area contributed by atoms with Crippen LogP contribution in [0.4, 0.5) is 0 Å². The van der Waals surface area contributed by atoms with Crippen LogP contribution in [0.25, 0.3) is 0 Å². The molecule has 2 bridgehead atoms. The summed E-state index contributed by atoms with van der Waals surface area (Å²) in [5.41, 5.74) is -2.92. The standard InChI is InChI=1S/C22H14Cl2N4O2/c1-13-21(12-27)19(28)30-22(13,15-3-2-4-17(24)9-15)29-18(20(21,10-25)11-26)14-5-7-16(23)8-6-14/h2-9,13,18,28H,1H3. The highest BCUT2D eigenvalue weighted by atomic mass is 35.5. The van der Waals surface area contributed by atoms with E-state index in [-0.39, 0.29) is 0 Å². The Morgan fingerprint density at radius 2 is 1.63 bits per heavy atom. The van der Waals surface area contributed by atoms with Crippen LogP contribution in [-0.4, -0.2) is 5.90 Å². The summed E-state index contributed by atoms with van der Waals surface area (Å²) in [7, 11) is 0. The summed E-state index contributed by atoms with van der Waals surface area (Å²) in [6.45, 7) is 1.65. The van der Waals surface area contributed by atoms with Gasteiger partial charge in [0.1, 0.15) is 6.10 Å². The third-order valence-electron chi connectivity index (χ3n) is 6.07. The second-order valence-corrected chi connectivity index (χ2v) is 8.20. The van der Waals surface area contributed by atoms with Crippen molar-refractivity contribution in [3.8, 4) is 18.2 Å². The molecule has 0 spiro atoms. The van der Waals surface area contributed by atoms with Gasteiger partial charge in [-0.05, 0) is 29.8 Å². The van der Waals surface area contributed by atoms with Crippen LogP contribution in [0.1, 0.15) is 24.2 Å². The van der Waals surface area contributed by atoms with E-state index < -0.39 is 34.5 Å². The van der Waals surface area contributed by atoms with E-state index in [4.69, 9.17) is 38.1 Å². The number of nitrogens with one attached hydrogen (secondary N) is 1. The van der Waals surface area contributed by atoms with Crippen molar-refractivity contribution in [3.63, 3.8) is 0 Å². The highest BCUT2D eigenvalue weighted by Gasteiger charge is 2.79. The van der Waals surface area contributed by atoms with Gasteiger partial charge in [0, 0.05) is 15.6 Å². The van der Waals surface area contributed by atoms with Gasteiger partial charge in [-0.3, -0.25) is 5.41 Å². The molecule has 2 fully saturated rings. The maximum atomic E-state index is 10.3. The van der Waals surface area contributed by atoms with E-state index in [2.05, 4.69) is 6.07 Å². The van der Waals surface area contributed by atoms with Crippen molar-refractivity contribution in [1.82, 2.24) is 0 Å². The lowest BCUT2D eigenvalue weighted by Crippen LogP contribution is -2.57. The molecular weight excluding hydrogens is 423 g/mol. The molecule has 2 aromatic carbocycles. The first kappa shape index (κ1) is 20.2. The van der Waals surface area contributed by atoms with Crippen LogP contribution < -0.4 is 0 Å². The van der Waals surface area contributed by atoms with Crippen molar-refractivity contribution in [2.75, 3.05) is 0 Å². The van der Waals surface area contributed by atoms with Crippen molar-refractivity contribution in [3.05, 3.63) is 69.7 Å². The number of hydrogen-bond acceptors (Lipinski definition) is 6. The highest BCUT2D eigenvalue weighted by molar-refractivity contribution is 6.30. The first-order chi connectivity index (χ1) is 14.3. The van der Waals surface area contributed by atoms with Crippen molar-refractivity contribution in [1.29, 1.82) is 21.2 Å². The fraction of sp³-hybridized carbons (Fsp3) is 0.273. The number of nitrogens with zero attached hydrogens (tertiary/aromatic N) is 3. The van der Waals surface area contributed by atoms with Gasteiger partial charge in [0.05, 0.1) is 24.1 Å². The molecule has 4 unspecified atom stereocenters. The van der Waals surface area contributed by atoms with Crippen LogP contribution in [0.3, 0.4) is 0 Å². The van der Waals surface area contributed by atoms with Crippen LogP contribution >= 0.6 is 23.2 Å². The predicted molar refractivity (Wildman–Crippen MR) is 108 cm³/mol. The minimum absolute atomic E-state index is 0.419. The monoisotopic (exact) mass is 436 g/mol. The second kappa shape index (κ2) is 6.73. The van der Waals surface area contributed by atoms with Crippen molar-refractivity contribution >= 4 is 29.1 Å². The van der Waals surface area contributed by atoms with Gasteiger partial charge in [0.25, 0.3) is 0 Å². The lowest BCUT2D eigenvalue weighted by atomic mass is 9.53. The minimum atomic E-state index is -2.02. The average Bonchev–Trinajstić information content (AvgIpc) is 2.91. The van der Waals surface area contributed by atoms with Gasteiger partial charge in [-0.2, -0.15) is 15.8 Å². The maximum Gasteiger partial charge on any atom is 0.244 e. The van der Waals surface area contributed by atoms with Gasteiger partial charge in [0.2, 0.25) is 17.1 Å². The third kappa shape index (κ3) is 2.29. The highest BCUT2D eigenvalue weighted by Crippen LogP contribution is 2.69. The molecule has 4 atom stereocenters. The van der Waals surface area contributed by atoms with Crippen LogP contribution in [0, 0.1) is 56.2 Å². The van der Waals surface area contributed by atoms with Crippen LogP contribution in [0.5, 0.6) is 0 Å². The molecule has 0 amide bonds. The van der Waals surface area contributed by atoms with E-state index in [0.717, 1.165) is 0 Å². The molecule has 0 aliphatic carbocycles. The Morgan fingerprint density at radius 1 is 0.967 bits per heavy atom. The molecule has 4 rings (SSSR count). The van der Waals surface area contributed by atoms with Gasteiger partial charge in [-0.25, -0.2) is 0 Å². The van der Waals surface area contributed by atoms with E-state index >= 15 is 0 Å². The number of ether oxygens (including phenoxy) is 2. The molecule has 6 nitrogen and oxygen atoms in total. The largest absolute Gasteiger partial charge is 0.443 e. The Bertz CT molecular complexity index is 1160. The Balaban J connectivity index is 2.04. The molecule has 0 saturated carbocycles. The molecule has 2 heterocycles. The van der Waals surface area contributed by atoms with Gasteiger partial charge in [-0.15, -0.1) is 0 Å². The zero-order valence-corrected chi connectivity index (χ0v) is 17.2. The first-order valence-electron chi connectivity index (χ1n) is 9.02. The third-order valence-corrected chi connectivity index (χ3v) is 6.56. The molecule has 2 aliphatic rings. The molecule has 30 heavy (non-hydrogen) atoms. The lowest BCUT2D eigenvalue weighted by Gasteiger charge is -2.48. The van der Waals surface area contributed by atoms with Gasteiger partial charge < -0.3 is 9.47 Å². The number of fused-ring (bicyclic) bond motifs is 2. The molecule has 2 aliphatic heterocycles. The van der Waals surface area contributed by atoms with Gasteiger partial charge in [0.15, 0.2) is 5.41 Å². The number of benzene rings is 2. The molecule has 148 valence electrons. The smallest absolute Gasteiger partial charge is 0.244 e. The molecule has 2 saturated heterocycles. The van der Waals surface area contributed by atoms with Gasteiger partial charge in [-0.1, -0.05) is 54.4 Å². The minimum Gasteiger partial charge on any atom is -0.443 e. The maximum absolute atomic E-state index is 10.3. The van der Waals surface area contributed by atoms with Crippen LogP contribution in [-0.2, 0) is 15.3 Å². The number of rotatable bonds is 2. The summed E-state index contributed by atoms with van der Waals surface area (Å²) in [5, 5.41) is 40.0. The quantitative estimate of drug-likeness (QED) is 0.702. The normalized spacial score (nSPS) is 31.1. The molecular formula is C22H14Cl2N4O2. The predicted octanol–water partition coefficient (Wildman–Crippen LogP) is 5.10. The Labute approximate surface area is 183 Å². The molecule has 0 aromatic heterocycles. The van der Waals surface area contributed by atoms with E-state index in [1.54, 1.807) is 55.5 Å². The van der Waals surface area contributed by atoms with Gasteiger partial charge >= 0.3 is 0 Å². The Kier molecular flexibility index (Phi) is 4.53. The fourth-order valence-electron chi connectivity index (χ4n) is 4.51. The average molecular weight is 437 g/mol. The van der Waals surface area contributed by atoms with E-state index in [9.17, 15) is 15.8 Å². The molecule has 1 N–H and O–H groups in total. The lowest BCUT2D eigenvalue weighted by molar-refractivity contribution is -0.288. The molecule has 2 aromatic rings. The zero-order chi connectivity index (χ0) is 21.7. The molecule has 8 heteroatoms. The second-order valence-electron chi connectivity index (χ2n) is 7.33. The summed E-state index contributed by atoms with van der Waals surface area (Å²) >= 11 is 12.2. The molecule has 0 radical (unpaired) electrons. The summed E-state index contributed by atoms with van der Waals surface area (Å²) < 4.78 is 12.3. The first-order valence-corrected chi connectivity index (χ1v) is 9.78. The number of hydrogen-bond donors (Lipinski definition) is 1.